The topological polar surface area (TPSA) is 68.3 Å². The summed E-state index contributed by atoms with van der Waals surface area (Å²) in [6, 6.07) is 5.77. The molecule has 0 aliphatic carbocycles. The van der Waals surface area contributed by atoms with E-state index in [1.807, 2.05) is 0 Å². The molecule has 0 atom stereocenters. The van der Waals surface area contributed by atoms with Crippen molar-refractivity contribution in [1.29, 1.82) is 0 Å². The van der Waals surface area contributed by atoms with Crippen LogP contribution in [0.2, 0.25) is 10.2 Å². The quantitative estimate of drug-likeness (QED) is 0.860. The van der Waals surface area contributed by atoms with Crippen molar-refractivity contribution >= 4 is 38.9 Å². The number of sulfonamides is 1. The van der Waals surface area contributed by atoms with Gasteiger partial charge in [0.05, 0.1) is 22.7 Å². The molecule has 2 aromatic rings. The van der Waals surface area contributed by atoms with E-state index >= 15 is 0 Å². The van der Waals surface area contributed by atoms with Gasteiger partial charge in [-0.2, -0.15) is 0 Å². The molecule has 112 valence electrons. The summed E-state index contributed by atoms with van der Waals surface area (Å²) in [7, 11) is -2.36. The van der Waals surface area contributed by atoms with Crippen molar-refractivity contribution in [3.05, 3.63) is 46.2 Å². The molecule has 5 nitrogen and oxygen atoms in total. The number of nitrogens with one attached hydrogen (secondary N) is 1. The molecule has 0 aliphatic rings. The van der Waals surface area contributed by atoms with Crippen LogP contribution in [0.1, 0.15) is 5.56 Å². The van der Waals surface area contributed by atoms with E-state index in [1.54, 1.807) is 19.2 Å². The Bertz CT molecular complexity index is 779. The molecule has 21 heavy (non-hydrogen) atoms. The molecule has 1 aromatic carbocycles. The molecular weight excluding hydrogens is 335 g/mol. The number of anilines is 1. The Morgan fingerprint density at radius 3 is 2.57 bits per heavy atom. The zero-order chi connectivity index (χ0) is 15.6. The Balaban J connectivity index is 2.38. The van der Waals surface area contributed by atoms with Gasteiger partial charge in [0.1, 0.15) is 5.75 Å². The fraction of sp³-hybridized carbons (Fsp3) is 0.154. The number of nitrogens with zero attached hydrogens (tertiary/aromatic N) is 1. The van der Waals surface area contributed by atoms with Crippen LogP contribution in [0.3, 0.4) is 0 Å². The third-order valence-electron chi connectivity index (χ3n) is 2.65. The number of halogens is 2. The van der Waals surface area contributed by atoms with Gasteiger partial charge in [0.15, 0.2) is 5.15 Å². The monoisotopic (exact) mass is 346 g/mol. The van der Waals surface area contributed by atoms with Gasteiger partial charge in [-0.25, -0.2) is 13.4 Å². The fourth-order valence-corrected chi connectivity index (χ4v) is 3.25. The lowest BCUT2D eigenvalue weighted by molar-refractivity contribution is 0.414. The molecular formula is C13H12Cl2N2O3S. The van der Waals surface area contributed by atoms with Crippen LogP contribution in [-0.4, -0.2) is 20.5 Å². The van der Waals surface area contributed by atoms with Gasteiger partial charge in [-0.15, -0.1) is 0 Å². The van der Waals surface area contributed by atoms with Gasteiger partial charge in [-0.05, 0) is 36.8 Å². The van der Waals surface area contributed by atoms with Crippen LogP contribution in [-0.2, 0) is 10.0 Å². The average molecular weight is 347 g/mol. The molecule has 1 N–H and O–H groups in total. The molecule has 0 amide bonds. The van der Waals surface area contributed by atoms with Gasteiger partial charge in [-0.3, -0.25) is 4.72 Å². The lowest BCUT2D eigenvalue weighted by Gasteiger charge is -2.11. The summed E-state index contributed by atoms with van der Waals surface area (Å²) in [6.45, 7) is 1.78. The molecule has 0 radical (unpaired) electrons. The van der Waals surface area contributed by atoms with E-state index in [0.717, 1.165) is 5.56 Å². The van der Waals surface area contributed by atoms with Crippen molar-refractivity contribution in [2.45, 2.75) is 11.8 Å². The number of hydrogen-bond acceptors (Lipinski definition) is 4. The molecule has 1 aromatic heterocycles. The van der Waals surface area contributed by atoms with Crippen LogP contribution < -0.4 is 9.46 Å². The number of ether oxygens (including phenoxy) is 1. The Morgan fingerprint density at radius 2 is 1.95 bits per heavy atom. The molecule has 0 aliphatic heterocycles. The normalized spacial score (nSPS) is 11.2. The number of rotatable bonds is 4. The third-order valence-corrected chi connectivity index (χ3v) is 4.61. The first-order valence-corrected chi connectivity index (χ1v) is 8.06. The minimum Gasteiger partial charge on any atom is -0.495 e. The average Bonchev–Trinajstić information content (AvgIpc) is 2.42. The predicted molar refractivity (Wildman–Crippen MR) is 82.8 cm³/mol. The standard InChI is InChI=1S/C13H12Cl2N2O3S/c1-8-5-11(13(15)16-7-8)17-21(18,19)9-3-4-12(20-2)10(14)6-9/h3-7,17H,1-2H3. The van der Waals surface area contributed by atoms with Crippen LogP contribution in [0, 0.1) is 6.92 Å². The molecule has 2 rings (SSSR count). The highest BCUT2D eigenvalue weighted by Crippen LogP contribution is 2.29. The highest BCUT2D eigenvalue weighted by molar-refractivity contribution is 7.92. The van der Waals surface area contributed by atoms with E-state index in [4.69, 9.17) is 27.9 Å². The first-order valence-electron chi connectivity index (χ1n) is 5.82. The summed E-state index contributed by atoms with van der Waals surface area (Å²) in [6.07, 6.45) is 1.55. The van der Waals surface area contributed by atoms with E-state index < -0.39 is 10.0 Å². The van der Waals surface area contributed by atoms with E-state index in [-0.39, 0.29) is 20.8 Å². The highest BCUT2D eigenvalue weighted by atomic mass is 35.5. The van der Waals surface area contributed by atoms with Crippen LogP contribution in [0.4, 0.5) is 5.69 Å². The zero-order valence-electron chi connectivity index (χ0n) is 11.2. The van der Waals surface area contributed by atoms with Gasteiger partial charge in [0.2, 0.25) is 0 Å². The van der Waals surface area contributed by atoms with Crippen molar-refractivity contribution in [1.82, 2.24) is 4.98 Å². The minimum atomic E-state index is -3.81. The summed E-state index contributed by atoms with van der Waals surface area (Å²) in [4.78, 5) is 3.90. The second-order valence-corrected chi connectivity index (χ2v) is 6.70. The van der Waals surface area contributed by atoms with Crippen LogP contribution >= 0.6 is 23.2 Å². The minimum absolute atomic E-state index is 0.00544. The zero-order valence-corrected chi connectivity index (χ0v) is 13.6. The first kappa shape index (κ1) is 15.9. The summed E-state index contributed by atoms with van der Waals surface area (Å²) in [5.41, 5.74) is 0.994. The Kier molecular flexibility index (Phi) is 4.61. The summed E-state index contributed by atoms with van der Waals surface area (Å²) in [5, 5.41) is 0.276. The van der Waals surface area contributed by atoms with E-state index in [2.05, 4.69) is 9.71 Å². The first-order chi connectivity index (χ1) is 9.83. The third kappa shape index (κ3) is 3.58. The van der Waals surface area contributed by atoms with Gasteiger partial charge in [0.25, 0.3) is 10.0 Å². The second-order valence-electron chi connectivity index (χ2n) is 4.25. The highest BCUT2D eigenvalue weighted by Gasteiger charge is 2.18. The van der Waals surface area contributed by atoms with Gasteiger partial charge < -0.3 is 4.74 Å². The molecule has 0 unspecified atom stereocenters. The number of hydrogen-bond donors (Lipinski definition) is 1. The molecule has 0 saturated carbocycles. The van der Waals surface area contributed by atoms with E-state index in [0.29, 0.717) is 5.75 Å². The Labute approximate surface area is 132 Å². The Hall–Kier alpha value is -1.50. The lowest BCUT2D eigenvalue weighted by atomic mass is 10.3. The predicted octanol–water partition coefficient (Wildman–Crippen LogP) is 3.51. The van der Waals surface area contributed by atoms with E-state index in [1.165, 1.54) is 25.3 Å². The largest absolute Gasteiger partial charge is 0.495 e. The number of aromatic nitrogens is 1. The van der Waals surface area contributed by atoms with Gasteiger partial charge in [0, 0.05) is 6.20 Å². The van der Waals surface area contributed by atoms with Gasteiger partial charge >= 0.3 is 0 Å². The van der Waals surface area contributed by atoms with Crippen molar-refractivity contribution < 1.29 is 13.2 Å². The Morgan fingerprint density at radius 1 is 1.24 bits per heavy atom. The number of pyridine rings is 1. The van der Waals surface area contributed by atoms with Crippen molar-refractivity contribution in [3.63, 3.8) is 0 Å². The molecule has 8 heteroatoms. The smallest absolute Gasteiger partial charge is 0.262 e. The van der Waals surface area contributed by atoms with Crippen LogP contribution in [0.25, 0.3) is 0 Å². The summed E-state index contributed by atoms with van der Waals surface area (Å²) in [5.74, 6) is 0.394. The summed E-state index contributed by atoms with van der Waals surface area (Å²) >= 11 is 11.8. The van der Waals surface area contributed by atoms with Crippen molar-refractivity contribution in [2.75, 3.05) is 11.8 Å². The lowest BCUT2D eigenvalue weighted by Crippen LogP contribution is -2.13. The number of benzene rings is 1. The molecule has 0 fully saturated rings. The number of aryl methyl sites for hydroxylation is 1. The molecule has 1 heterocycles. The maximum absolute atomic E-state index is 12.3. The molecule has 0 saturated heterocycles. The van der Waals surface area contributed by atoms with Gasteiger partial charge in [-0.1, -0.05) is 23.2 Å². The van der Waals surface area contributed by atoms with E-state index in [9.17, 15) is 8.42 Å². The maximum atomic E-state index is 12.3. The van der Waals surface area contributed by atoms with Crippen molar-refractivity contribution in [2.24, 2.45) is 0 Å². The number of methoxy groups -OCH3 is 1. The van der Waals surface area contributed by atoms with Crippen molar-refractivity contribution in [3.8, 4) is 5.75 Å². The maximum Gasteiger partial charge on any atom is 0.262 e. The second kappa shape index (κ2) is 6.09. The van der Waals surface area contributed by atoms with Crippen LogP contribution in [0.5, 0.6) is 5.75 Å². The van der Waals surface area contributed by atoms with Crippen LogP contribution in [0.15, 0.2) is 35.4 Å². The molecule has 0 spiro atoms. The SMILES string of the molecule is COc1ccc(S(=O)(=O)Nc2cc(C)cnc2Cl)cc1Cl. The molecule has 0 bridgehead atoms. The summed E-state index contributed by atoms with van der Waals surface area (Å²) < 4.78 is 32.0. The fourth-order valence-electron chi connectivity index (χ4n) is 1.64.